The number of esters is 1. The van der Waals surface area contributed by atoms with Gasteiger partial charge in [0.15, 0.2) is 0 Å². The van der Waals surface area contributed by atoms with Gasteiger partial charge < -0.3 is 4.74 Å². The molecule has 0 N–H and O–H groups in total. The van der Waals surface area contributed by atoms with E-state index in [1.807, 2.05) is 0 Å². The summed E-state index contributed by atoms with van der Waals surface area (Å²) >= 11 is 0. The highest BCUT2D eigenvalue weighted by atomic mass is 16.5. The molecule has 0 heterocycles. The second-order valence-electron chi connectivity index (χ2n) is 2.87. The van der Waals surface area contributed by atoms with Crippen molar-refractivity contribution in [3.63, 3.8) is 0 Å². The number of hydrogen-bond donors (Lipinski definition) is 0. The van der Waals surface area contributed by atoms with Crippen molar-refractivity contribution < 1.29 is 14.3 Å². The number of carbonyl (C=O) groups is 1. The van der Waals surface area contributed by atoms with Gasteiger partial charge in [-0.25, -0.2) is 9.59 Å². The highest BCUT2D eigenvalue weighted by molar-refractivity contribution is 5.88. The van der Waals surface area contributed by atoms with E-state index in [9.17, 15) is 9.59 Å². The Morgan fingerprint density at radius 1 is 1.40 bits per heavy atom. The summed E-state index contributed by atoms with van der Waals surface area (Å²) in [6.07, 6.45) is 1.42. The number of benzene rings is 1. The van der Waals surface area contributed by atoms with Gasteiger partial charge in [-0.3, -0.25) is 0 Å². The number of aliphatic imine (C=N–C) groups is 1. The van der Waals surface area contributed by atoms with Gasteiger partial charge in [0.05, 0.1) is 5.69 Å². The highest BCUT2D eigenvalue weighted by Crippen LogP contribution is 2.18. The third-order valence-electron chi connectivity index (χ3n) is 1.57. The summed E-state index contributed by atoms with van der Waals surface area (Å²) in [6.45, 7) is 5.02. The van der Waals surface area contributed by atoms with E-state index in [2.05, 4.69) is 11.6 Å². The molecule has 0 radical (unpaired) electrons. The molecule has 0 aliphatic heterocycles. The molecule has 0 unspecified atom stereocenters. The molecule has 0 saturated heterocycles. The van der Waals surface area contributed by atoms with Crippen LogP contribution in [0.25, 0.3) is 0 Å². The largest absolute Gasteiger partial charge is 0.423 e. The zero-order valence-corrected chi connectivity index (χ0v) is 8.19. The molecule has 0 aromatic heterocycles. The molecule has 0 amide bonds. The van der Waals surface area contributed by atoms with Crippen molar-refractivity contribution in [1.29, 1.82) is 0 Å². The SMILES string of the molecule is C=C(C)C(=O)Oc1ccc(N=C=O)cc1. The molecule has 0 aliphatic rings. The van der Waals surface area contributed by atoms with E-state index in [0.29, 0.717) is 17.0 Å². The Hall–Kier alpha value is -2.19. The first-order valence-corrected chi connectivity index (χ1v) is 4.19. The zero-order chi connectivity index (χ0) is 11.3. The van der Waals surface area contributed by atoms with Crippen LogP contribution in [0.5, 0.6) is 5.75 Å². The lowest BCUT2D eigenvalue weighted by molar-refractivity contribution is -0.130. The number of isocyanates is 1. The van der Waals surface area contributed by atoms with E-state index in [4.69, 9.17) is 4.74 Å². The first-order valence-electron chi connectivity index (χ1n) is 4.19. The third-order valence-corrected chi connectivity index (χ3v) is 1.57. The number of rotatable bonds is 3. The van der Waals surface area contributed by atoms with Crippen molar-refractivity contribution >= 4 is 17.7 Å². The van der Waals surface area contributed by atoms with Crippen LogP contribution in [-0.2, 0) is 9.59 Å². The van der Waals surface area contributed by atoms with E-state index < -0.39 is 5.97 Å². The molecule has 0 bridgehead atoms. The Morgan fingerprint density at radius 3 is 2.47 bits per heavy atom. The minimum Gasteiger partial charge on any atom is -0.423 e. The highest BCUT2D eigenvalue weighted by Gasteiger charge is 2.04. The number of ether oxygens (including phenoxy) is 1. The molecular weight excluding hydrogens is 194 g/mol. The van der Waals surface area contributed by atoms with Crippen LogP contribution in [0.15, 0.2) is 41.4 Å². The fraction of sp³-hybridized carbons (Fsp3) is 0.0909. The number of carbonyl (C=O) groups excluding carboxylic acids is 2. The molecule has 15 heavy (non-hydrogen) atoms. The third kappa shape index (κ3) is 3.21. The van der Waals surface area contributed by atoms with E-state index in [0.717, 1.165) is 0 Å². The maximum absolute atomic E-state index is 11.1. The monoisotopic (exact) mass is 203 g/mol. The van der Waals surface area contributed by atoms with Gasteiger partial charge in [0.25, 0.3) is 0 Å². The Balaban J connectivity index is 2.76. The van der Waals surface area contributed by atoms with Crippen LogP contribution in [-0.4, -0.2) is 12.0 Å². The lowest BCUT2D eigenvalue weighted by Crippen LogP contribution is -2.07. The quantitative estimate of drug-likeness (QED) is 0.248. The molecule has 0 aliphatic carbocycles. The fourth-order valence-corrected chi connectivity index (χ4v) is 0.836. The van der Waals surface area contributed by atoms with Gasteiger partial charge in [-0.05, 0) is 31.2 Å². The Labute approximate surface area is 86.9 Å². The van der Waals surface area contributed by atoms with E-state index in [1.165, 1.54) is 18.2 Å². The van der Waals surface area contributed by atoms with Crippen molar-refractivity contribution in [1.82, 2.24) is 0 Å². The van der Waals surface area contributed by atoms with Crippen LogP contribution < -0.4 is 4.74 Å². The average molecular weight is 203 g/mol. The van der Waals surface area contributed by atoms with Crippen LogP contribution in [0, 0.1) is 0 Å². The molecule has 0 fully saturated rings. The van der Waals surface area contributed by atoms with E-state index in [1.54, 1.807) is 19.1 Å². The maximum atomic E-state index is 11.1. The van der Waals surface area contributed by atoms with Crippen molar-refractivity contribution in [3.05, 3.63) is 36.4 Å². The fourth-order valence-electron chi connectivity index (χ4n) is 0.836. The molecule has 0 spiro atoms. The van der Waals surface area contributed by atoms with Crippen molar-refractivity contribution in [3.8, 4) is 5.75 Å². The molecule has 0 atom stereocenters. The molecule has 4 nitrogen and oxygen atoms in total. The van der Waals surface area contributed by atoms with Gasteiger partial charge in [-0.2, -0.15) is 4.99 Å². The normalized spacial score (nSPS) is 8.87. The Morgan fingerprint density at radius 2 is 2.00 bits per heavy atom. The number of nitrogens with zero attached hydrogens (tertiary/aromatic N) is 1. The van der Waals surface area contributed by atoms with Crippen LogP contribution >= 0.6 is 0 Å². The summed E-state index contributed by atoms with van der Waals surface area (Å²) in [7, 11) is 0. The summed E-state index contributed by atoms with van der Waals surface area (Å²) in [4.78, 5) is 24.5. The Kier molecular flexibility index (Phi) is 3.55. The van der Waals surface area contributed by atoms with Gasteiger partial charge in [-0.15, -0.1) is 0 Å². The van der Waals surface area contributed by atoms with Crippen LogP contribution in [0.2, 0.25) is 0 Å². The minimum atomic E-state index is -0.485. The van der Waals surface area contributed by atoms with E-state index >= 15 is 0 Å². The molecule has 1 aromatic rings. The molecule has 0 saturated carbocycles. The average Bonchev–Trinajstić information content (AvgIpc) is 2.21. The van der Waals surface area contributed by atoms with Gasteiger partial charge in [0.2, 0.25) is 6.08 Å². The molecule has 1 aromatic carbocycles. The van der Waals surface area contributed by atoms with Gasteiger partial charge in [0, 0.05) is 5.57 Å². The smallest absolute Gasteiger partial charge is 0.338 e. The lowest BCUT2D eigenvalue weighted by atomic mass is 10.3. The minimum absolute atomic E-state index is 0.324. The van der Waals surface area contributed by atoms with Gasteiger partial charge in [0.1, 0.15) is 5.75 Å². The molecular formula is C11H9NO3. The second kappa shape index (κ2) is 4.88. The summed E-state index contributed by atoms with van der Waals surface area (Å²) < 4.78 is 4.93. The lowest BCUT2D eigenvalue weighted by Gasteiger charge is -2.02. The summed E-state index contributed by atoms with van der Waals surface area (Å²) in [5.74, 6) is -0.102. The predicted octanol–water partition coefficient (Wildman–Crippen LogP) is 2.14. The molecule has 76 valence electrons. The number of hydrogen-bond acceptors (Lipinski definition) is 4. The van der Waals surface area contributed by atoms with Crippen molar-refractivity contribution in [2.75, 3.05) is 0 Å². The molecule has 1 rings (SSSR count). The van der Waals surface area contributed by atoms with Gasteiger partial charge >= 0.3 is 5.97 Å². The Bertz CT molecular complexity index is 428. The van der Waals surface area contributed by atoms with Crippen LogP contribution in [0.4, 0.5) is 5.69 Å². The van der Waals surface area contributed by atoms with Crippen LogP contribution in [0.3, 0.4) is 0 Å². The van der Waals surface area contributed by atoms with Crippen molar-refractivity contribution in [2.45, 2.75) is 6.92 Å². The second-order valence-corrected chi connectivity index (χ2v) is 2.87. The topological polar surface area (TPSA) is 55.7 Å². The summed E-state index contributed by atoms with van der Waals surface area (Å²) in [5, 5.41) is 0. The maximum Gasteiger partial charge on any atom is 0.338 e. The summed E-state index contributed by atoms with van der Waals surface area (Å²) in [5.41, 5.74) is 0.783. The standard InChI is InChI=1S/C11H9NO3/c1-8(2)11(14)15-10-5-3-9(4-6-10)12-7-13/h3-6H,1H2,2H3. The van der Waals surface area contributed by atoms with Crippen molar-refractivity contribution in [2.24, 2.45) is 4.99 Å². The van der Waals surface area contributed by atoms with Crippen LogP contribution in [0.1, 0.15) is 6.92 Å². The first-order chi connectivity index (χ1) is 7.13. The predicted molar refractivity (Wildman–Crippen MR) is 54.7 cm³/mol. The summed E-state index contributed by atoms with van der Waals surface area (Å²) in [6, 6.07) is 6.17. The zero-order valence-electron chi connectivity index (χ0n) is 8.19. The first kappa shape index (κ1) is 10.9. The molecule has 4 heteroatoms. The van der Waals surface area contributed by atoms with Gasteiger partial charge in [-0.1, -0.05) is 6.58 Å². The van der Waals surface area contributed by atoms with E-state index in [-0.39, 0.29) is 0 Å².